The molecule has 1 aromatic heterocycles. The van der Waals surface area contributed by atoms with Crippen molar-refractivity contribution in [1.82, 2.24) is 4.98 Å². The second-order valence-electron chi connectivity index (χ2n) is 5.13. The summed E-state index contributed by atoms with van der Waals surface area (Å²) in [6, 6.07) is 13.2. The van der Waals surface area contributed by atoms with Crippen molar-refractivity contribution in [2.45, 2.75) is 13.8 Å². The molecule has 4 heteroatoms. The predicted molar refractivity (Wildman–Crippen MR) is 84.1 cm³/mol. The van der Waals surface area contributed by atoms with E-state index in [1.165, 1.54) is 6.20 Å². The van der Waals surface area contributed by atoms with E-state index in [0.717, 1.165) is 16.9 Å². The number of aryl methyl sites for hydroxylation is 2. The lowest BCUT2D eigenvalue weighted by atomic mass is 10.1. The lowest BCUT2D eigenvalue weighted by Crippen LogP contribution is -1.92. The van der Waals surface area contributed by atoms with Gasteiger partial charge in [-0.15, -0.1) is 0 Å². The van der Waals surface area contributed by atoms with Crippen LogP contribution in [-0.2, 0) is 0 Å². The molecule has 108 valence electrons. The maximum atomic E-state index is 9.85. The van der Waals surface area contributed by atoms with Gasteiger partial charge in [0.15, 0.2) is 0 Å². The molecule has 3 rings (SSSR count). The monoisotopic (exact) mass is 290 g/mol. The number of nitrogens with zero attached hydrogens (tertiary/aromatic N) is 2. The van der Waals surface area contributed by atoms with Gasteiger partial charge in [-0.05, 0) is 43.2 Å². The van der Waals surface area contributed by atoms with Crippen LogP contribution in [-0.4, -0.2) is 10.1 Å². The fourth-order valence-corrected chi connectivity index (χ4v) is 2.44. The minimum absolute atomic E-state index is 0.0487. The van der Waals surface area contributed by atoms with E-state index >= 15 is 0 Å². The van der Waals surface area contributed by atoms with Gasteiger partial charge in [0.1, 0.15) is 29.0 Å². The van der Waals surface area contributed by atoms with E-state index in [2.05, 4.69) is 4.98 Å². The molecule has 4 nitrogen and oxygen atoms in total. The third-order valence-electron chi connectivity index (χ3n) is 3.57. The first kappa shape index (κ1) is 13.9. The van der Waals surface area contributed by atoms with Crippen molar-refractivity contribution in [3.05, 3.63) is 59.4 Å². The number of rotatable bonds is 2. The standard InChI is InChI=1S/C18H14N2O2/c1-11-4-3-5-12(2)18(11)22-13-6-7-14-15(8-13)16(9-19)20-10-17(14)21/h3-8,10,21H,1-2H3. The average molecular weight is 290 g/mol. The molecule has 0 unspecified atom stereocenters. The molecular weight excluding hydrogens is 276 g/mol. The van der Waals surface area contributed by atoms with Crippen LogP contribution in [0.25, 0.3) is 10.8 Å². The number of para-hydroxylation sites is 1. The second kappa shape index (κ2) is 5.38. The molecule has 0 radical (unpaired) electrons. The number of benzene rings is 2. The van der Waals surface area contributed by atoms with Crippen LogP contribution in [0.1, 0.15) is 16.8 Å². The smallest absolute Gasteiger partial charge is 0.148 e. The largest absolute Gasteiger partial charge is 0.506 e. The number of pyridine rings is 1. The molecule has 0 saturated carbocycles. The molecule has 2 aromatic carbocycles. The Kier molecular flexibility index (Phi) is 3.40. The first-order chi connectivity index (χ1) is 10.6. The Labute approximate surface area is 128 Å². The van der Waals surface area contributed by atoms with Crippen LogP contribution in [0.2, 0.25) is 0 Å². The summed E-state index contributed by atoms with van der Waals surface area (Å²) in [4.78, 5) is 3.94. The zero-order valence-corrected chi connectivity index (χ0v) is 12.3. The Balaban J connectivity index is 2.12. The van der Waals surface area contributed by atoms with Gasteiger partial charge < -0.3 is 9.84 Å². The van der Waals surface area contributed by atoms with Crippen LogP contribution in [0.3, 0.4) is 0 Å². The van der Waals surface area contributed by atoms with Crippen molar-refractivity contribution in [3.8, 4) is 23.3 Å². The lowest BCUT2D eigenvalue weighted by Gasteiger charge is -2.12. The number of hydrogen-bond donors (Lipinski definition) is 1. The highest BCUT2D eigenvalue weighted by Crippen LogP contribution is 2.33. The first-order valence-corrected chi connectivity index (χ1v) is 6.86. The summed E-state index contributed by atoms with van der Waals surface area (Å²) in [5.41, 5.74) is 2.34. The molecule has 0 aliphatic carbocycles. The SMILES string of the molecule is Cc1cccc(C)c1Oc1ccc2c(O)cnc(C#N)c2c1. The number of fused-ring (bicyclic) bond motifs is 1. The summed E-state index contributed by atoms with van der Waals surface area (Å²) in [6.45, 7) is 3.97. The summed E-state index contributed by atoms with van der Waals surface area (Å²) >= 11 is 0. The Morgan fingerprint density at radius 3 is 2.50 bits per heavy atom. The zero-order chi connectivity index (χ0) is 15.7. The van der Waals surface area contributed by atoms with Crippen LogP contribution in [0.15, 0.2) is 42.6 Å². The highest BCUT2D eigenvalue weighted by Gasteiger charge is 2.10. The van der Waals surface area contributed by atoms with E-state index in [-0.39, 0.29) is 11.4 Å². The molecule has 3 aromatic rings. The molecule has 0 fully saturated rings. The van der Waals surface area contributed by atoms with Gasteiger partial charge in [-0.1, -0.05) is 18.2 Å². The predicted octanol–water partition coefficient (Wildman–Crippen LogP) is 4.22. The van der Waals surface area contributed by atoms with Crippen molar-refractivity contribution in [2.24, 2.45) is 0 Å². The van der Waals surface area contributed by atoms with Gasteiger partial charge >= 0.3 is 0 Å². The van der Waals surface area contributed by atoms with Crippen molar-refractivity contribution >= 4 is 10.8 Å². The van der Waals surface area contributed by atoms with Crippen LogP contribution < -0.4 is 4.74 Å². The Morgan fingerprint density at radius 1 is 1.09 bits per heavy atom. The maximum Gasteiger partial charge on any atom is 0.148 e. The van der Waals surface area contributed by atoms with Crippen molar-refractivity contribution in [3.63, 3.8) is 0 Å². The number of aromatic nitrogens is 1. The molecule has 0 aliphatic heterocycles. The molecule has 22 heavy (non-hydrogen) atoms. The Bertz CT molecular complexity index is 891. The fourth-order valence-electron chi connectivity index (χ4n) is 2.44. The molecule has 0 amide bonds. The molecule has 0 atom stereocenters. The van der Waals surface area contributed by atoms with Crippen LogP contribution in [0.4, 0.5) is 0 Å². The van der Waals surface area contributed by atoms with Gasteiger partial charge in [0, 0.05) is 10.8 Å². The van der Waals surface area contributed by atoms with E-state index in [1.54, 1.807) is 18.2 Å². The van der Waals surface area contributed by atoms with Gasteiger partial charge in [0.05, 0.1) is 6.20 Å². The molecular formula is C18H14N2O2. The molecule has 0 bridgehead atoms. The van der Waals surface area contributed by atoms with Gasteiger partial charge in [-0.2, -0.15) is 5.26 Å². The summed E-state index contributed by atoms with van der Waals surface area (Å²) in [6.07, 6.45) is 1.28. The summed E-state index contributed by atoms with van der Waals surface area (Å²) in [5, 5.41) is 20.2. The van der Waals surface area contributed by atoms with Gasteiger partial charge in [0.2, 0.25) is 0 Å². The van der Waals surface area contributed by atoms with E-state index in [0.29, 0.717) is 16.5 Å². The van der Waals surface area contributed by atoms with Gasteiger partial charge in [-0.25, -0.2) is 4.98 Å². The number of aromatic hydroxyl groups is 1. The minimum atomic E-state index is 0.0487. The number of hydrogen-bond acceptors (Lipinski definition) is 4. The fraction of sp³-hybridized carbons (Fsp3) is 0.111. The molecule has 1 N–H and O–H groups in total. The minimum Gasteiger partial charge on any atom is -0.506 e. The lowest BCUT2D eigenvalue weighted by molar-refractivity contribution is 0.474. The highest BCUT2D eigenvalue weighted by molar-refractivity contribution is 5.92. The Hall–Kier alpha value is -3.06. The molecule has 0 spiro atoms. The maximum absolute atomic E-state index is 9.85. The third kappa shape index (κ3) is 2.33. The van der Waals surface area contributed by atoms with Crippen LogP contribution in [0, 0.1) is 25.2 Å². The highest BCUT2D eigenvalue weighted by atomic mass is 16.5. The Morgan fingerprint density at radius 2 is 1.82 bits per heavy atom. The third-order valence-corrected chi connectivity index (χ3v) is 3.57. The molecule has 0 saturated heterocycles. The van der Waals surface area contributed by atoms with E-state index in [9.17, 15) is 5.11 Å². The number of ether oxygens (including phenoxy) is 1. The van der Waals surface area contributed by atoms with E-state index in [4.69, 9.17) is 10.00 Å². The normalized spacial score (nSPS) is 10.4. The molecule has 1 heterocycles. The molecule has 0 aliphatic rings. The summed E-state index contributed by atoms with van der Waals surface area (Å²) in [5.74, 6) is 1.45. The summed E-state index contributed by atoms with van der Waals surface area (Å²) in [7, 11) is 0. The van der Waals surface area contributed by atoms with Crippen LogP contribution >= 0.6 is 0 Å². The number of nitriles is 1. The van der Waals surface area contributed by atoms with Crippen molar-refractivity contribution in [2.75, 3.05) is 0 Å². The van der Waals surface area contributed by atoms with E-state index < -0.39 is 0 Å². The van der Waals surface area contributed by atoms with Gasteiger partial charge in [0.25, 0.3) is 0 Å². The summed E-state index contributed by atoms with van der Waals surface area (Å²) < 4.78 is 5.97. The first-order valence-electron chi connectivity index (χ1n) is 6.86. The van der Waals surface area contributed by atoms with Gasteiger partial charge in [-0.3, -0.25) is 0 Å². The van der Waals surface area contributed by atoms with Crippen molar-refractivity contribution < 1.29 is 9.84 Å². The van der Waals surface area contributed by atoms with Crippen molar-refractivity contribution in [1.29, 1.82) is 5.26 Å². The zero-order valence-electron chi connectivity index (χ0n) is 12.3. The quantitative estimate of drug-likeness (QED) is 0.767. The van der Waals surface area contributed by atoms with Crippen LogP contribution in [0.5, 0.6) is 17.2 Å². The topological polar surface area (TPSA) is 66.1 Å². The van der Waals surface area contributed by atoms with E-state index in [1.807, 2.05) is 38.1 Å². The second-order valence-corrected chi connectivity index (χ2v) is 5.13. The average Bonchev–Trinajstić information content (AvgIpc) is 2.51.